The molecule has 0 saturated carbocycles. The molecule has 0 aliphatic rings. The average molecular weight is 563 g/mol. The molecule has 12 heteroatoms. The second-order valence-corrected chi connectivity index (χ2v) is 8.99. The van der Waals surface area contributed by atoms with Gasteiger partial charge in [0.15, 0.2) is 0 Å². The molecule has 0 radical (unpaired) electrons. The first-order valence-electron chi connectivity index (χ1n) is 11.4. The third-order valence-electron chi connectivity index (χ3n) is 5.94. The highest BCUT2D eigenvalue weighted by Gasteiger charge is 2.38. The van der Waals surface area contributed by atoms with Gasteiger partial charge in [-0.1, -0.05) is 26.0 Å². The second kappa shape index (κ2) is 10.8. The number of carbonyl (C=O) groups excluding carboxylic acids is 1. The summed E-state index contributed by atoms with van der Waals surface area (Å²) in [5, 5.41) is 0. The van der Waals surface area contributed by atoms with Crippen LogP contribution in [0, 0.1) is 0 Å². The third kappa shape index (κ3) is 6.85. The van der Waals surface area contributed by atoms with Gasteiger partial charge in [-0.05, 0) is 65.1 Å². The van der Waals surface area contributed by atoms with Crippen molar-refractivity contribution in [3.63, 3.8) is 0 Å². The van der Waals surface area contributed by atoms with Crippen LogP contribution in [0.3, 0.4) is 0 Å². The van der Waals surface area contributed by atoms with Gasteiger partial charge >= 0.3 is 18.5 Å². The molecule has 39 heavy (non-hydrogen) atoms. The van der Waals surface area contributed by atoms with Gasteiger partial charge in [-0.3, -0.25) is 4.79 Å². The van der Waals surface area contributed by atoms with Crippen LogP contribution in [0.5, 0.6) is 5.75 Å². The monoisotopic (exact) mass is 563 g/mol. The SMILES string of the molecule is COc1ccc(C(C)C)cc1-c1ccc(C(F)(F)F)c(N(C=O)Cc2cc(C(F)(F)F)cc(C(F)(F)F)c2)c1. The molecule has 3 nitrogen and oxygen atoms in total. The molecule has 3 aromatic rings. The average Bonchev–Trinajstić information content (AvgIpc) is 2.84. The van der Waals surface area contributed by atoms with Gasteiger partial charge in [0, 0.05) is 5.56 Å². The van der Waals surface area contributed by atoms with Gasteiger partial charge in [0.05, 0.1) is 36.0 Å². The van der Waals surface area contributed by atoms with E-state index in [9.17, 15) is 44.3 Å². The van der Waals surface area contributed by atoms with Crippen LogP contribution >= 0.6 is 0 Å². The summed E-state index contributed by atoms with van der Waals surface area (Å²) in [7, 11) is 1.35. The summed E-state index contributed by atoms with van der Waals surface area (Å²) >= 11 is 0. The highest BCUT2D eigenvalue weighted by molar-refractivity contribution is 5.82. The first-order valence-corrected chi connectivity index (χ1v) is 11.4. The molecule has 0 unspecified atom stereocenters. The van der Waals surface area contributed by atoms with Crippen LogP contribution in [-0.4, -0.2) is 13.5 Å². The van der Waals surface area contributed by atoms with Crippen LogP contribution in [0.15, 0.2) is 54.6 Å². The van der Waals surface area contributed by atoms with Crippen LogP contribution < -0.4 is 9.64 Å². The Morgan fingerprint density at radius 2 is 1.38 bits per heavy atom. The minimum Gasteiger partial charge on any atom is -0.496 e. The zero-order valence-electron chi connectivity index (χ0n) is 20.7. The van der Waals surface area contributed by atoms with Crippen molar-refractivity contribution in [3.05, 3.63) is 82.4 Å². The van der Waals surface area contributed by atoms with Crippen LogP contribution in [0.4, 0.5) is 45.2 Å². The van der Waals surface area contributed by atoms with Crippen LogP contribution in [-0.2, 0) is 29.9 Å². The molecule has 0 spiro atoms. The number of rotatable bonds is 7. The molecule has 0 bridgehead atoms. The maximum Gasteiger partial charge on any atom is 0.418 e. The predicted octanol–water partition coefficient (Wildman–Crippen LogP) is 8.71. The number of carbonyl (C=O) groups is 1. The molecule has 1 amide bonds. The van der Waals surface area contributed by atoms with Crippen molar-refractivity contribution in [1.82, 2.24) is 0 Å². The third-order valence-corrected chi connectivity index (χ3v) is 5.94. The first kappa shape index (κ1) is 29.9. The number of hydrogen-bond donors (Lipinski definition) is 0. The van der Waals surface area contributed by atoms with Gasteiger partial charge < -0.3 is 9.64 Å². The molecule has 0 saturated heterocycles. The van der Waals surface area contributed by atoms with Crippen LogP contribution in [0.25, 0.3) is 11.1 Å². The molecule has 0 aliphatic carbocycles. The van der Waals surface area contributed by atoms with Gasteiger partial charge in [0.25, 0.3) is 0 Å². The molecular weight excluding hydrogens is 541 g/mol. The van der Waals surface area contributed by atoms with Gasteiger partial charge in [-0.2, -0.15) is 39.5 Å². The Hall–Kier alpha value is -3.70. The van der Waals surface area contributed by atoms with Crippen LogP contribution in [0.1, 0.15) is 47.6 Å². The number of alkyl halides is 9. The fourth-order valence-corrected chi connectivity index (χ4v) is 3.97. The first-order chi connectivity index (χ1) is 18.0. The summed E-state index contributed by atoms with van der Waals surface area (Å²) in [5.74, 6) is 0.342. The number of amides is 1. The maximum atomic E-state index is 13.9. The Labute approximate surface area is 217 Å². The lowest BCUT2D eigenvalue weighted by molar-refractivity contribution is -0.143. The van der Waals surface area contributed by atoms with Crippen molar-refractivity contribution in [3.8, 4) is 16.9 Å². The summed E-state index contributed by atoms with van der Waals surface area (Å²) in [6, 6.07) is 8.50. The van der Waals surface area contributed by atoms with Gasteiger partial charge in [0.1, 0.15) is 5.75 Å². The number of hydrogen-bond acceptors (Lipinski definition) is 2. The molecule has 0 aliphatic heterocycles. The number of nitrogens with zero attached hydrogens (tertiary/aromatic N) is 1. The molecule has 0 aromatic heterocycles. The van der Waals surface area contributed by atoms with E-state index in [0.29, 0.717) is 34.4 Å². The summed E-state index contributed by atoms with van der Waals surface area (Å²) < 4.78 is 127. The largest absolute Gasteiger partial charge is 0.496 e. The zero-order chi connectivity index (χ0) is 29.3. The van der Waals surface area contributed by atoms with E-state index in [1.54, 1.807) is 18.2 Å². The quantitative estimate of drug-likeness (QED) is 0.213. The van der Waals surface area contributed by atoms with E-state index < -0.39 is 53.0 Å². The molecule has 0 heterocycles. The van der Waals surface area contributed by atoms with E-state index in [2.05, 4.69) is 0 Å². The summed E-state index contributed by atoms with van der Waals surface area (Å²) in [6.45, 7) is 2.79. The van der Waals surface area contributed by atoms with Gasteiger partial charge in [-0.15, -0.1) is 0 Å². The topological polar surface area (TPSA) is 29.5 Å². The Kier molecular flexibility index (Phi) is 8.28. The van der Waals surface area contributed by atoms with Crippen molar-refractivity contribution in [2.75, 3.05) is 12.0 Å². The highest BCUT2D eigenvalue weighted by Crippen LogP contribution is 2.42. The number of anilines is 1. The Morgan fingerprint density at radius 3 is 1.85 bits per heavy atom. The minimum atomic E-state index is -5.17. The van der Waals surface area contributed by atoms with Crippen molar-refractivity contribution in [2.24, 2.45) is 0 Å². The van der Waals surface area contributed by atoms with E-state index in [4.69, 9.17) is 4.74 Å². The van der Waals surface area contributed by atoms with E-state index in [0.717, 1.165) is 17.7 Å². The van der Waals surface area contributed by atoms with Gasteiger partial charge in [-0.25, -0.2) is 0 Å². The minimum absolute atomic E-state index is 0.0405. The second-order valence-electron chi connectivity index (χ2n) is 8.99. The lowest BCUT2D eigenvalue weighted by Crippen LogP contribution is -2.25. The Balaban J connectivity index is 2.20. The fraction of sp³-hybridized carbons (Fsp3) is 0.296. The maximum absolute atomic E-state index is 13.9. The van der Waals surface area contributed by atoms with E-state index in [1.165, 1.54) is 7.11 Å². The number of ether oxygens (including phenoxy) is 1. The molecular formula is C27H22F9NO2. The van der Waals surface area contributed by atoms with E-state index >= 15 is 0 Å². The molecule has 3 rings (SSSR count). The molecule has 0 fully saturated rings. The lowest BCUT2D eigenvalue weighted by Gasteiger charge is -2.24. The van der Waals surface area contributed by atoms with E-state index in [-0.39, 0.29) is 24.0 Å². The van der Waals surface area contributed by atoms with E-state index in [1.807, 2.05) is 13.8 Å². The Bertz CT molecular complexity index is 1310. The standard InChI is InChI=1S/C27H22F9NO2/c1-15(2)17-5-7-24(39-3)21(10-17)18-4-6-22(27(34,35)36)23(11-18)37(14-38)13-16-8-19(25(28,29)30)12-20(9-16)26(31,32)33/h4-12,14-15H,13H2,1-3H3. The fourth-order valence-electron chi connectivity index (χ4n) is 3.97. The summed E-state index contributed by atoms with van der Waals surface area (Å²) in [5.41, 5.74) is -4.65. The molecule has 210 valence electrons. The van der Waals surface area contributed by atoms with Crippen molar-refractivity contribution >= 4 is 12.1 Å². The summed E-state index contributed by atoms with van der Waals surface area (Å²) in [6.07, 6.45) is -15.4. The molecule has 0 atom stereocenters. The predicted molar refractivity (Wildman–Crippen MR) is 126 cm³/mol. The normalized spacial score (nSPS) is 12.5. The zero-order valence-corrected chi connectivity index (χ0v) is 20.7. The lowest BCUT2D eigenvalue weighted by atomic mass is 9.95. The highest BCUT2D eigenvalue weighted by atomic mass is 19.4. The summed E-state index contributed by atoms with van der Waals surface area (Å²) in [4.78, 5) is 12.4. The van der Waals surface area contributed by atoms with Crippen molar-refractivity contribution < 1.29 is 49.0 Å². The van der Waals surface area contributed by atoms with Crippen molar-refractivity contribution in [1.29, 1.82) is 0 Å². The number of benzene rings is 3. The number of methoxy groups -OCH3 is 1. The van der Waals surface area contributed by atoms with Gasteiger partial charge in [0.2, 0.25) is 6.41 Å². The van der Waals surface area contributed by atoms with Crippen molar-refractivity contribution in [2.45, 2.75) is 44.8 Å². The van der Waals surface area contributed by atoms with Crippen LogP contribution in [0.2, 0.25) is 0 Å². The Morgan fingerprint density at radius 1 is 0.795 bits per heavy atom. The molecule has 0 N–H and O–H groups in total. The molecule has 3 aromatic carbocycles. The number of halogens is 9. The smallest absolute Gasteiger partial charge is 0.418 e.